The molecule has 1 saturated carbocycles. The van der Waals surface area contributed by atoms with E-state index >= 15 is 0 Å². The molecule has 5 nitrogen and oxygen atoms in total. The molecular weight excluding hydrogens is 342 g/mol. The van der Waals surface area contributed by atoms with Crippen molar-refractivity contribution >= 4 is 11.6 Å². The normalized spacial score (nSPS) is 18.4. The number of carbonyl (C=O) groups excluding carboxylic acids is 1. The molecular formula is C22H29NO4. The number of rotatable bonds is 11. The third kappa shape index (κ3) is 6.22. The van der Waals surface area contributed by atoms with Crippen molar-refractivity contribution in [3.63, 3.8) is 0 Å². The highest BCUT2D eigenvalue weighted by Crippen LogP contribution is 2.47. The Morgan fingerprint density at radius 2 is 2.04 bits per heavy atom. The molecule has 1 fully saturated rings. The largest absolute Gasteiger partial charge is 0.466 e. The summed E-state index contributed by atoms with van der Waals surface area (Å²) in [4.78, 5) is 12.2. The average molecular weight is 371 g/mol. The fourth-order valence-corrected chi connectivity index (χ4v) is 3.10. The van der Waals surface area contributed by atoms with Gasteiger partial charge in [-0.25, -0.2) is 0 Å². The minimum Gasteiger partial charge on any atom is -0.466 e. The number of nitrogens with one attached hydrogen (secondary N) is 1. The maximum atomic E-state index is 12.2. The molecule has 3 rings (SSSR count). The summed E-state index contributed by atoms with van der Waals surface area (Å²) < 4.78 is 16.7. The van der Waals surface area contributed by atoms with Crippen molar-refractivity contribution in [2.45, 2.75) is 45.6 Å². The monoisotopic (exact) mass is 371 g/mol. The molecule has 1 N–H and O–H groups in total. The number of anilines is 1. The summed E-state index contributed by atoms with van der Waals surface area (Å²) in [5.41, 5.74) is 1.82. The molecule has 1 aromatic heterocycles. The lowest BCUT2D eigenvalue weighted by Gasteiger charge is -2.08. The molecule has 146 valence electrons. The molecule has 5 heteroatoms. The first kappa shape index (κ1) is 19.6. The van der Waals surface area contributed by atoms with Crippen molar-refractivity contribution in [1.82, 2.24) is 0 Å². The van der Waals surface area contributed by atoms with Gasteiger partial charge in [-0.3, -0.25) is 4.79 Å². The second-order valence-corrected chi connectivity index (χ2v) is 7.12. The van der Waals surface area contributed by atoms with Gasteiger partial charge in [-0.2, -0.15) is 0 Å². The van der Waals surface area contributed by atoms with Crippen LogP contribution >= 0.6 is 0 Å². The van der Waals surface area contributed by atoms with Crippen LogP contribution in [0.25, 0.3) is 0 Å². The van der Waals surface area contributed by atoms with E-state index in [0.717, 1.165) is 28.7 Å². The van der Waals surface area contributed by atoms with E-state index in [9.17, 15) is 4.79 Å². The van der Waals surface area contributed by atoms with Gasteiger partial charge >= 0.3 is 0 Å². The first-order chi connectivity index (χ1) is 13.2. The van der Waals surface area contributed by atoms with Gasteiger partial charge in [-0.15, -0.1) is 0 Å². The van der Waals surface area contributed by atoms with Crippen LogP contribution in [0, 0.1) is 5.92 Å². The zero-order valence-electron chi connectivity index (χ0n) is 16.2. The summed E-state index contributed by atoms with van der Waals surface area (Å²) >= 11 is 0. The molecule has 0 radical (unpaired) electrons. The van der Waals surface area contributed by atoms with Gasteiger partial charge in [0.05, 0.1) is 19.8 Å². The average Bonchev–Trinajstić information content (AvgIpc) is 3.20. The Kier molecular flexibility index (Phi) is 7.07. The van der Waals surface area contributed by atoms with Gasteiger partial charge in [0.1, 0.15) is 11.5 Å². The first-order valence-electron chi connectivity index (χ1n) is 9.78. The van der Waals surface area contributed by atoms with Crippen LogP contribution in [0.5, 0.6) is 0 Å². The van der Waals surface area contributed by atoms with Crippen LogP contribution in [0.3, 0.4) is 0 Å². The Morgan fingerprint density at radius 1 is 1.22 bits per heavy atom. The van der Waals surface area contributed by atoms with Crippen molar-refractivity contribution in [3.05, 3.63) is 53.5 Å². The lowest BCUT2D eigenvalue weighted by Crippen LogP contribution is -2.12. The SMILES string of the molecule is CCOCCOCc1cccc(NC(=O)CCc2ccc(C3CC3C)o2)c1. The van der Waals surface area contributed by atoms with E-state index in [2.05, 4.69) is 18.3 Å². The van der Waals surface area contributed by atoms with Crippen LogP contribution in [-0.4, -0.2) is 25.7 Å². The third-order valence-electron chi connectivity index (χ3n) is 4.81. The molecule has 1 aromatic carbocycles. The van der Waals surface area contributed by atoms with Crippen molar-refractivity contribution < 1.29 is 18.7 Å². The van der Waals surface area contributed by atoms with E-state index in [4.69, 9.17) is 13.9 Å². The summed E-state index contributed by atoms with van der Waals surface area (Å²) in [7, 11) is 0. The highest BCUT2D eigenvalue weighted by molar-refractivity contribution is 5.90. The molecule has 2 unspecified atom stereocenters. The molecule has 0 spiro atoms. The standard InChI is InChI=1S/C22H29NO4/c1-3-25-11-12-26-15-17-5-4-6-18(14-17)23-22(24)10-8-19-7-9-21(27-19)20-13-16(20)2/h4-7,9,14,16,20H,3,8,10-13,15H2,1-2H3,(H,23,24). The van der Waals surface area contributed by atoms with Crippen LogP contribution < -0.4 is 5.32 Å². The van der Waals surface area contributed by atoms with Crippen LogP contribution in [0.2, 0.25) is 0 Å². The fraction of sp³-hybridized carbons (Fsp3) is 0.500. The Balaban J connectivity index is 1.41. The van der Waals surface area contributed by atoms with Gasteiger partial charge < -0.3 is 19.2 Å². The summed E-state index contributed by atoms with van der Waals surface area (Å²) in [6, 6.07) is 11.8. The van der Waals surface area contributed by atoms with Gasteiger partial charge in [0.2, 0.25) is 5.91 Å². The second kappa shape index (κ2) is 9.72. The first-order valence-corrected chi connectivity index (χ1v) is 9.78. The third-order valence-corrected chi connectivity index (χ3v) is 4.81. The highest BCUT2D eigenvalue weighted by Gasteiger charge is 2.36. The number of furan rings is 1. The summed E-state index contributed by atoms with van der Waals surface area (Å²) in [6.45, 7) is 6.56. The zero-order valence-corrected chi connectivity index (χ0v) is 16.2. The number of benzene rings is 1. The maximum Gasteiger partial charge on any atom is 0.224 e. The van der Waals surface area contributed by atoms with Gasteiger partial charge in [0, 0.05) is 31.1 Å². The Morgan fingerprint density at radius 3 is 2.81 bits per heavy atom. The number of amides is 1. The molecule has 2 atom stereocenters. The molecule has 2 aromatic rings. The minimum absolute atomic E-state index is 0.0119. The Hall–Kier alpha value is -2.11. The van der Waals surface area contributed by atoms with E-state index in [1.54, 1.807) is 0 Å². The summed E-state index contributed by atoms with van der Waals surface area (Å²) in [5, 5.41) is 2.95. The minimum atomic E-state index is -0.0119. The van der Waals surface area contributed by atoms with Gasteiger partial charge in [0.25, 0.3) is 0 Å². The highest BCUT2D eigenvalue weighted by atomic mass is 16.5. The number of hydrogen-bond donors (Lipinski definition) is 1. The van der Waals surface area contributed by atoms with E-state index in [1.165, 1.54) is 6.42 Å². The van der Waals surface area contributed by atoms with Crippen molar-refractivity contribution in [2.75, 3.05) is 25.1 Å². The predicted octanol–water partition coefficient (Wildman–Crippen LogP) is 4.53. The maximum absolute atomic E-state index is 12.2. The molecule has 1 aliphatic rings. The van der Waals surface area contributed by atoms with E-state index < -0.39 is 0 Å². The van der Waals surface area contributed by atoms with Crippen LogP contribution in [-0.2, 0) is 27.3 Å². The van der Waals surface area contributed by atoms with Crippen LogP contribution in [0.1, 0.15) is 49.7 Å². The van der Waals surface area contributed by atoms with E-state index in [0.29, 0.717) is 45.2 Å². The van der Waals surface area contributed by atoms with Crippen molar-refractivity contribution in [2.24, 2.45) is 5.92 Å². The second-order valence-electron chi connectivity index (χ2n) is 7.12. The molecule has 1 amide bonds. The molecule has 1 heterocycles. The molecule has 0 bridgehead atoms. The molecule has 1 aliphatic carbocycles. The topological polar surface area (TPSA) is 60.7 Å². The fourth-order valence-electron chi connectivity index (χ4n) is 3.10. The predicted molar refractivity (Wildman–Crippen MR) is 105 cm³/mol. The van der Waals surface area contributed by atoms with Crippen molar-refractivity contribution in [1.29, 1.82) is 0 Å². The van der Waals surface area contributed by atoms with Gasteiger partial charge in [0.15, 0.2) is 0 Å². The molecule has 27 heavy (non-hydrogen) atoms. The Labute approximate surface area is 161 Å². The van der Waals surface area contributed by atoms with Crippen LogP contribution in [0.4, 0.5) is 5.69 Å². The zero-order chi connectivity index (χ0) is 19.1. The lowest BCUT2D eigenvalue weighted by molar-refractivity contribution is -0.116. The van der Waals surface area contributed by atoms with Gasteiger partial charge in [-0.1, -0.05) is 19.1 Å². The number of aryl methyl sites for hydroxylation is 1. The molecule has 0 aliphatic heterocycles. The van der Waals surface area contributed by atoms with E-state index in [-0.39, 0.29) is 5.91 Å². The van der Waals surface area contributed by atoms with E-state index in [1.807, 2.05) is 37.3 Å². The quantitative estimate of drug-likeness (QED) is 0.590. The Bertz CT molecular complexity index is 739. The molecule has 0 saturated heterocycles. The lowest BCUT2D eigenvalue weighted by atomic mass is 10.2. The van der Waals surface area contributed by atoms with Crippen LogP contribution in [0.15, 0.2) is 40.8 Å². The smallest absolute Gasteiger partial charge is 0.224 e. The number of ether oxygens (including phenoxy) is 2. The van der Waals surface area contributed by atoms with Crippen molar-refractivity contribution in [3.8, 4) is 0 Å². The summed E-state index contributed by atoms with van der Waals surface area (Å²) in [6.07, 6.45) is 2.23. The summed E-state index contributed by atoms with van der Waals surface area (Å²) in [5.74, 6) is 3.24. The number of hydrogen-bond acceptors (Lipinski definition) is 4. The van der Waals surface area contributed by atoms with Gasteiger partial charge in [-0.05, 0) is 49.1 Å². The number of carbonyl (C=O) groups is 1.